The smallest absolute Gasteiger partial charge is 0.417 e. The van der Waals surface area contributed by atoms with Crippen molar-refractivity contribution in [2.45, 2.75) is 37.9 Å². The van der Waals surface area contributed by atoms with Gasteiger partial charge in [-0.15, -0.1) is 11.3 Å². The van der Waals surface area contributed by atoms with Crippen LogP contribution < -0.4 is 10.1 Å². The second-order valence-electron chi connectivity index (χ2n) is 8.47. The molecule has 10 heteroatoms. The minimum Gasteiger partial charge on any atom is -0.439 e. The third-order valence-corrected chi connectivity index (χ3v) is 7.36. The summed E-state index contributed by atoms with van der Waals surface area (Å²) < 4.78 is 44.9. The van der Waals surface area contributed by atoms with Gasteiger partial charge in [0, 0.05) is 24.5 Å². The van der Waals surface area contributed by atoms with E-state index < -0.39 is 11.7 Å². The summed E-state index contributed by atoms with van der Waals surface area (Å²) in [5, 5.41) is 4.28. The summed E-state index contributed by atoms with van der Waals surface area (Å²) in [5.41, 5.74) is 2.35. The van der Waals surface area contributed by atoms with E-state index in [0.717, 1.165) is 58.7 Å². The monoisotopic (exact) mass is 526 g/mol. The van der Waals surface area contributed by atoms with E-state index in [-0.39, 0.29) is 5.88 Å². The zero-order valence-corrected chi connectivity index (χ0v) is 20.6. The first-order valence-electron chi connectivity index (χ1n) is 11.4. The molecular weight excluding hydrogens is 505 g/mol. The summed E-state index contributed by atoms with van der Waals surface area (Å²) in [4.78, 5) is 13.1. The molecule has 0 amide bonds. The average Bonchev–Trinajstić information content (AvgIpc) is 3.30. The zero-order valence-electron chi connectivity index (χ0n) is 19.0. The maximum atomic E-state index is 12.7. The Morgan fingerprint density at radius 3 is 2.67 bits per heavy atom. The van der Waals surface area contributed by atoms with Gasteiger partial charge < -0.3 is 10.1 Å². The van der Waals surface area contributed by atoms with E-state index in [2.05, 4.69) is 26.3 Å². The number of nitrogens with one attached hydrogen (secondary N) is 1. The predicted octanol–water partition coefficient (Wildman–Crippen LogP) is 7.19. The van der Waals surface area contributed by atoms with Crippen LogP contribution >= 0.6 is 23.6 Å². The van der Waals surface area contributed by atoms with Crippen molar-refractivity contribution in [2.75, 3.05) is 0 Å². The molecule has 0 bridgehead atoms. The molecule has 0 atom stereocenters. The van der Waals surface area contributed by atoms with Crippen LogP contribution in [-0.4, -0.2) is 26.0 Å². The van der Waals surface area contributed by atoms with E-state index in [1.807, 2.05) is 24.3 Å². The Kier molecular flexibility index (Phi) is 6.97. The fourth-order valence-electron chi connectivity index (χ4n) is 4.03. The summed E-state index contributed by atoms with van der Waals surface area (Å²) >= 11 is 7.16. The maximum Gasteiger partial charge on any atom is 0.417 e. The fraction of sp³-hybridized carbons (Fsp3) is 0.231. The Morgan fingerprint density at radius 1 is 1.11 bits per heavy atom. The number of allylic oxidation sites excluding steroid dienone is 1. The van der Waals surface area contributed by atoms with E-state index in [1.165, 1.54) is 11.6 Å². The molecule has 184 valence electrons. The normalized spacial score (nSPS) is 16.1. The highest BCUT2D eigenvalue weighted by atomic mass is 32.1. The fourth-order valence-corrected chi connectivity index (χ4v) is 5.21. The average molecular weight is 527 g/mol. The number of hydrogen-bond donors (Lipinski definition) is 1. The Morgan fingerprint density at radius 2 is 1.94 bits per heavy atom. The SMILES string of the molecule is FC(F)(F)c1ccc(Oc2cccc(C=C3CCC(NC(=S)c4nc5cnccc5s4)CC3)c2)nc1. The Hall–Kier alpha value is -3.37. The van der Waals surface area contributed by atoms with Gasteiger partial charge >= 0.3 is 6.18 Å². The lowest BCUT2D eigenvalue weighted by atomic mass is 9.89. The summed E-state index contributed by atoms with van der Waals surface area (Å²) in [6.45, 7) is 0. The summed E-state index contributed by atoms with van der Waals surface area (Å²) in [6, 6.07) is 11.8. The number of thiazole rings is 1. The van der Waals surface area contributed by atoms with Crippen molar-refractivity contribution >= 4 is 44.8 Å². The first-order valence-corrected chi connectivity index (χ1v) is 12.6. The molecule has 0 radical (unpaired) electrons. The van der Waals surface area contributed by atoms with Gasteiger partial charge in [-0.25, -0.2) is 9.97 Å². The van der Waals surface area contributed by atoms with E-state index in [1.54, 1.807) is 29.8 Å². The summed E-state index contributed by atoms with van der Waals surface area (Å²) in [7, 11) is 0. The summed E-state index contributed by atoms with van der Waals surface area (Å²) in [6.07, 6.45) is 5.79. The molecule has 0 saturated heterocycles. The van der Waals surface area contributed by atoms with Crippen LogP contribution in [0.15, 0.2) is 66.6 Å². The number of alkyl halides is 3. The predicted molar refractivity (Wildman–Crippen MR) is 138 cm³/mol. The first kappa shape index (κ1) is 24.3. The topological polar surface area (TPSA) is 59.9 Å². The highest BCUT2D eigenvalue weighted by Crippen LogP contribution is 2.31. The van der Waals surface area contributed by atoms with Crippen LogP contribution in [0.2, 0.25) is 0 Å². The van der Waals surface area contributed by atoms with Crippen LogP contribution in [0.4, 0.5) is 13.2 Å². The molecule has 1 aliphatic rings. The first-order chi connectivity index (χ1) is 17.3. The number of nitrogens with zero attached hydrogens (tertiary/aromatic N) is 3. The molecule has 1 aliphatic carbocycles. The van der Waals surface area contributed by atoms with E-state index in [0.29, 0.717) is 16.8 Å². The van der Waals surface area contributed by atoms with Gasteiger partial charge in [-0.3, -0.25) is 4.98 Å². The van der Waals surface area contributed by atoms with Gasteiger partial charge in [0.05, 0.1) is 16.5 Å². The number of pyridine rings is 2. The van der Waals surface area contributed by atoms with Gasteiger partial charge in [0.1, 0.15) is 16.3 Å². The van der Waals surface area contributed by atoms with E-state index >= 15 is 0 Å². The van der Waals surface area contributed by atoms with Crippen LogP contribution in [-0.2, 0) is 6.18 Å². The molecule has 1 saturated carbocycles. The second kappa shape index (κ2) is 10.3. The van der Waals surface area contributed by atoms with Crippen molar-refractivity contribution in [1.29, 1.82) is 0 Å². The van der Waals surface area contributed by atoms with Crippen molar-refractivity contribution < 1.29 is 17.9 Å². The van der Waals surface area contributed by atoms with E-state index in [9.17, 15) is 13.2 Å². The zero-order chi connectivity index (χ0) is 25.1. The molecule has 5 nitrogen and oxygen atoms in total. The molecule has 4 aromatic rings. The molecular formula is C26H21F3N4OS2. The highest BCUT2D eigenvalue weighted by molar-refractivity contribution is 7.81. The lowest BCUT2D eigenvalue weighted by Crippen LogP contribution is -2.35. The second-order valence-corrected chi connectivity index (χ2v) is 9.91. The Labute approximate surface area is 215 Å². The van der Waals surface area contributed by atoms with Crippen molar-refractivity contribution in [3.8, 4) is 11.6 Å². The van der Waals surface area contributed by atoms with Crippen LogP contribution in [0.5, 0.6) is 11.6 Å². The molecule has 36 heavy (non-hydrogen) atoms. The van der Waals surface area contributed by atoms with Crippen LogP contribution in [0.3, 0.4) is 0 Å². The highest BCUT2D eigenvalue weighted by Gasteiger charge is 2.30. The standard InChI is InChI=1S/C26H21F3N4OS2/c27-26(28,29)18-6-9-23(31-14-18)34-20-3-1-2-17(13-20)12-16-4-7-19(8-5-16)32-24(35)25-33-21-15-30-11-10-22(21)36-25/h1-3,6,9-15,19H,4-5,7-8H2,(H,32,35). The molecule has 3 heterocycles. The van der Waals surface area contributed by atoms with Crippen molar-refractivity contribution in [3.05, 3.63) is 82.8 Å². The molecule has 0 spiro atoms. The molecule has 1 aromatic carbocycles. The van der Waals surface area contributed by atoms with Gasteiger partial charge in [0.25, 0.3) is 0 Å². The number of ether oxygens (including phenoxy) is 1. The largest absolute Gasteiger partial charge is 0.439 e. The van der Waals surface area contributed by atoms with Crippen LogP contribution in [0.1, 0.15) is 41.8 Å². The van der Waals surface area contributed by atoms with Gasteiger partial charge in [0.2, 0.25) is 5.88 Å². The van der Waals surface area contributed by atoms with Crippen molar-refractivity contribution in [3.63, 3.8) is 0 Å². The number of halogens is 3. The number of rotatable bonds is 5. The molecule has 1 N–H and O–H groups in total. The minimum atomic E-state index is -4.43. The van der Waals surface area contributed by atoms with Gasteiger partial charge in [-0.1, -0.05) is 36.0 Å². The Balaban J connectivity index is 1.17. The molecule has 5 rings (SSSR count). The van der Waals surface area contributed by atoms with E-state index in [4.69, 9.17) is 17.0 Å². The Bertz CT molecular complexity index is 1370. The van der Waals surface area contributed by atoms with Gasteiger partial charge in [-0.05, 0) is 55.5 Å². The molecule has 0 aliphatic heterocycles. The third-order valence-electron chi connectivity index (χ3n) is 5.86. The van der Waals surface area contributed by atoms with Crippen LogP contribution in [0, 0.1) is 0 Å². The number of hydrogen-bond acceptors (Lipinski definition) is 6. The lowest BCUT2D eigenvalue weighted by Gasteiger charge is -2.25. The molecule has 0 unspecified atom stereocenters. The quantitative estimate of drug-likeness (QED) is 0.278. The van der Waals surface area contributed by atoms with Crippen molar-refractivity contribution in [2.24, 2.45) is 0 Å². The number of aromatic nitrogens is 3. The lowest BCUT2D eigenvalue weighted by molar-refractivity contribution is -0.137. The number of thiocarbonyl (C=S) groups is 1. The third kappa shape index (κ3) is 5.88. The molecule has 1 fully saturated rings. The van der Waals surface area contributed by atoms with Crippen LogP contribution in [0.25, 0.3) is 16.3 Å². The number of benzene rings is 1. The summed E-state index contributed by atoms with van der Waals surface area (Å²) in [5.74, 6) is 0.628. The minimum absolute atomic E-state index is 0.111. The van der Waals surface area contributed by atoms with Gasteiger partial charge in [0.15, 0.2) is 5.01 Å². The van der Waals surface area contributed by atoms with Gasteiger partial charge in [-0.2, -0.15) is 13.2 Å². The van der Waals surface area contributed by atoms with Crippen molar-refractivity contribution in [1.82, 2.24) is 20.3 Å². The number of fused-ring (bicyclic) bond motifs is 1. The maximum absolute atomic E-state index is 12.7. The molecule has 3 aromatic heterocycles.